The molecule has 0 amide bonds. The van der Waals surface area contributed by atoms with Gasteiger partial charge in [-0.25, -0.2) is 19.4 Å². The summed E-state index contributed by atoms with van der Waals surface area (Å²) in [5.74, 6) is -0.136. The first-order chi connectivity index (χ1) is 8.49. The minimum absolute atomic E-state index is 0.180. The molecule has 6 heteroatoms. The molecule has 18 heavy (non-hydrogen) atoms. The van der Waals surface area contributed by atoms with Crippen LogP contribution in [0.3, 0.4) is 0 Å². The Morgan fingerprint density at radius 2 is 2.11 bits per heavy atom. The average Bonchev–Trinajstić information content (AvgIpc) is 2.71. The molecule has 94 valence electrons. The Bertz CT molecular complexity index is 590. The van der Waals surface area contributed by atoms with Crippen LogP contribution < -0.4 is 0 Å². The van der Waals surface area contributed by atoms with Gasteiger partial charge in [0, 0.05) is 18.0 Å². The van der Waals surface area contributed by atoms with E-state index in [2.05, 4.69) is 15.1 Å². The van der Waals surface area contributed by atoms with Crippen LogP contribution in [0.4, 0.5) is 0 Å². The number of carboxylic acids is 1. The Labute approximate surface area is 104 Å². The van der Waals surface area contributed by atoms with E-state index in [1.807, 2.05) is 19.9 Å². The number of hydrogen-bond donors (Lipinski definition) is 1. The van der Waals surface area contributed by atoms with Crippen molar-refractivity contribution in [2.45, 2.75) is 26.7 Å². The Kier molecular flexibility index (Phi) is 3.10. The molecule has 0 saturated heterocycles. The summed E-state index contributed by atoms with van der Waals surface area (Å²) >= 11 is 0. The highest BCUT2D eigenvalue weighted by atomic mass is 16.4. The maximum absolute atomic E-state index is 11.0. The number of nitrogens with zero attached hydrogens (tertiary/aromatic N) is 4. The monoisotopic (exact) mass is 246 g/mol. The van der Waals surface area contributed by atoms with Crippen LogP contribution >= 0.6 is 0 Å². The van der Waals surface area contributed by atoms with Crippen LogP contribution in [-0.2, 0) is 0 Å². The summed E-state index contributed by atoms with van der Waals surface area (Å²) in [6.07, 6.45) is 2.92. The predicted molar refractivity (Wildman–Crippen MR) is 64.9 cm³/mol. The van der Waals surface area contributed by atoms with Crippen molar-refractivity contribution in [3.8, 4) is 5.82 Å². The number of carboxylic acid groups (broad SMARTS) is 1. The van der Waals surface area contributed by atoms with Crippen molar-refractivity contribution in [3.63, 3.8) is 0 Å². The Morgan fingerprint density at radius 1 is 1.39 bits per heavy atom. The van der Waals surface area contributed by atoms with Crippen molar-refractivity contribution < 1.29 is 9.90 Å². The minimum Gasteiger partial charge on any atom is -0.478 e. The molecule has 0 fully saturated rings. The van der Waals surface area contributed by atoms with Gasteiger partial charge in [0.25, 0.3) is 0 Å². The third-order valence-corrected chi connectivity index (χ3v) is 2.63. The number of aromatic nitrogens is 4. The quantitative estimate of drug-likeness (QED) is 0.892. The Morgan fingerprint density at radius 3 is 2.67 bits per heavy atom. The summed E-state index contributed by atoms with van der Waals surface area (Å²) in [5.41, 5.74) is 1.54. The van der Waals surface area contributed by atoms with Gasteiger partial charge in [-0.1, -0.05) is 13.8 Å². The summed E-state index contributed by atoms with van der Waals surface area (Å²) in [5, 5.41) is 13.1. The van der Waals surface area contributed by atoms with E-state index in [0.717, 1.165) is 5.69 Å². The van der Waals surface area contributed by atoms with Gasteiger partial charge in [-0.15, -0.1) is 0 Å². The molecule has 0 aliphatic carbocycles. The molecule has 0 aliphatic heterocycles. The van der Waals surface area contributed by atoms with E-state index in [1.165, 1.54) is 17.2 Å². The van der Waals surface area contributed by atoms with Crippen molar-refractivity contribution >= 4 is 5.97 Å². The smallest absolute Gasteiger partial charge is 0.339 e. The first-order valence-electron chi connectivity index (χ1n) is 5.61. The molecule has 2 aromatic rings. The van der Waals surface area contributed by atoms with Crippen molar-refractivity contribution in [1.29, 1.82) is 0 Å². The molecule has 0 saturated carbocycles. The van der Waals surface area contributed by atoms with Crippen LogP contribution in [0.25, 0.3) is 5.82 Å². The van der Waals surface area contributed by atoms with Crippen LogP contribution in [0.1, 0.15) is 41.5 Å². The SMILES string of the molecule is Cc1nn(-c2cc(C(C)C)ncn2)cc1C(=O)O. The molecule has 6 nitrogen and oxygen atoms in total. The van der Waals surface area contributed by atoms with Gasteiger partial charge in [0.1, 0.15) is 11.9 Å². The lowest BCUT2D eigenvalue weighted by atomic mass is 10.1. The molecule has 2 aromatic heterocycles. The van der Waals surface area contributed by atoms with Gasteiger partial charge in [0.2, 0.25) is 0 Å². The topological polar surface area (TPSA) is 80.9 Å². The lowest BCUT2D eigenvalue weighted by molar-refractivity contribution is 0.0696. The molecule has 0 aliphatic rings. The summed E-state index contributed by atoms with van der Waals surface area (Å²) in [6.45, 7) is 5.72. The zero-order valence-corrected chi connectivity index (χ0v) is 10.5. The van der Waals surface area contributed by atoms with E-state index < -0.39 is 5.97 Å². The molecule has 2 heterocycles. The van der Waals surface area contributed by atoms with Crippen molar-refractivity contribution in [2.24, 2.45) is 0 Å². The van der Waals surface area contributed by atoms with Gasteiger partial charge in [-0.2, -0.15) is 5.10 Å². The molecule has 0 radical (unpaired) electrons. The Hall–Kier alpha value is -2.24. The van der Waals surface area contributed by atoms with Crippen molar-refractivity contribution in [3.05, 3.63) is 35.5 Å². The van der Waals surface area contributed by atoms with E-state index in [4.69, 9.17) is 5.11 Å². The summed E-state index contributed by atoms with van der Waals surface area (Å²) in [6, 6.07) is 1.81. The maximum atomic E-state index is 11.0. The molecule has 0 aromatic carbocycles. The molecule has 2 rings (SSSR count). The largest absolute Gasteiger partial charge is 0.478 e. The highest BCUT2D eigenvalue weighted by Crippen LogP contribution is 2.15. The number of hydrogen-bond acceptors (Lipinski definition) is 4. The zero-order chi connectivity index (χ0) is 13.3. The van der Waals surface area contributed by atoms with Gasteiger partial charge < -0.3 is 5.11 Å². The van der Waals surface area contributed by atoms with E-state index in [9.17, 15) is 4.79 Å². The van der Waals surface area contributed by atoms with Gasteiger partial charge >= 0.3 is 5.97 Å². The third-order valence-electron chi connectivity index (χ3n) is 2.63. The van der Waals surface area contributed by atoms with E-state index in [0.29, 0.717) is 11.5 Å². The van der Waals surface area contributed by atoms with Crippen molar-refractivity contribution in [1.82, 2.24) is 19.7 Å². The normalized spacial score (nSPS) is 10.9. The van der Waals surface area contributed by atoms with Crippen LogP contribution in [0.5, 0.6) is 0 Å². The molecule has 1 N–H and O–H groups in total. The van der Waals surface area contributed by atoms with Crippen molar-refractivity contribution in [2.75, 3.05) is 0 Å². The fraction of sp³-hybridized carbons (Fsp3) is 0.333. The maximum Gasteiger partial charge on any atom is 0.339 e. The molecule has 0 unspecified atom stereocenters. The second-order valence-electron chi connectivity index (χ2n) is 4.33. The molecular weight excluding hydrogens is 232 g/mol. The van der Waals surface area contributed by atoms with E-state index in [1.54, 1.807) is 6.92 Å². The van der Waals surface area contributed by atoms with Crippen LogP contribution in [0.15, 0.2) is 18.6 Å². The molecule has 0 atom stereocenters. The summed E-state index contributed by atoms with van der Waals surface area (Å²) < 4.78 is 1.46. The van der Waals surface area contributed by atoms with E-state index in [-0.39, 0.29) is 11.5 Å². The minimum atomic E-state index is -0.989. The van der Waals surface area contributed by atoms with Gasteiger partial charge in [-0.05, 0) is 12.8 Å². The van der Waals surface area contributed by atoms with Gasteiger partial charge in [-0.3, -0.25) is 0 Å². The number of rotatable bonds is 3. The van der Waals surface area contributed by atoms with Crippen LogP contribution in [-0.4, -0.2) is 30.8 Å². The summed E-state index contributed by atoms with van der Waals surface area (Å²) in [4.78, 5) is 19.2. The second-order valence-corrected chi connectivity index (χ2v) is 4.33. The first kappa shape index (κ1) is 12.2. The summed E-state index contributed by atoms with van der Waals surface area (Å²) in [7, 11) is 0. The van der Waals surface area contributed by atoms with Gasteiger partial charge in [0.05, 0.1) is 5.69 Å². The fourth-order valence-corrected chi connectivity index (χ4v) is 1.59. The number of aryl methyl sites for hydroxylation is 1. The third kappa shape index (κ3) is 2.22. The van der Waals surface area contributed by atoms with Crippen LogP contribution in [0, 0.1) is 6.92 Å². The fourth-order valence-electron chi connectivity index (χ4n) is 1.59. The lowest BCUT2D eigenvalue weighted by Gasteiger charge is -2.05. The second kappa shape index (κ2) is 4.56. The average molecular weight is 246 g/mol. The highest BCUT2D eigenvalue weighted by molar-refractivity contribution is 5.88. The predicted octanol–water partition coefficient (Wildman–Crippen LogP) is 1.79. The molecule has 0 spiro atoms. The molecule has 0 bridgehead atoms. The molecular formula is C12H14N4O2. The van der Waals surface area contributed by atoms with Gasteiger partial charge in [0.15, 0.2) is 5.82 Å². The number of aromatic carboxylic acids is 1. The highest BCUT2D eigenvalue weighted by Gasteiger charge is 2.13. The van der Waals surface area contributed by atoms with E-state index >= 15 is 0 Å². The number of carbonyl (C=O) groups is 1. The lowest BCUT2D eigenvalue weighted by Crippen LogP contribution is -2.02. The zero-order valence-electron chi connectivity index (χ0n) is 10.5. The standard InChI is InChI=1S/C12H14N4O2/c1-7(2)10-4-11(14-6-13-10)16-5-9(12(17)18)8(3)15-16/h4-7H,1-3H3,(H,17,18). The Balaban J connectivity index is 2.45. The first-order valence-corrected chi connectivity index (χ1v) is 5.61. The van der Waals surface area contributed by atoms with Crippen LogP contribution in [0.2, 0.25) is 0 Å².